The molecule has 0 aliphatic heterocycles. The van der Waals surface area contributed by atoms with E-state index in [1.807, 2.05) is 31.2 Å². The van der Waals surface area contributed by atoms with Gasteiger partial charge in [0, 0.05) is 24.2 Å². The van der Waals surface area contributed by atoms with Crippen LogP contribution in [-0.4, -0.2) is 30.2 Å². The van der Waals surface area contributed by atoms with Gasteiger partial charge in [0.15, 0.2) is 0 Å². The quantitative estimate of drug-likeness (QED) is 0.675. The molecular formula is C12H10N6. The number of rotatable bonds is 2. The average Bonchev–Trinajstić information content (AvgIpc) is 2.90. The van der Waals surface area contributed by atoms with Crippen molar-refractivity contribution in [2.75, 3.05) is 0 Å². The summed E-state index contributed by atoms with van der Waals surface area (Å²) in [5, 5.41) is 12.4. The third-order valence-electron chi connectivity index (χ3n) is 2.53. The van der Waals surface area contributed by atoms with Crippen molar-refractivity contribution < 1.29 is 0 Å². The normalized spacial score (nSPS) is 10.5. The molecule has 0 aliphatic carbocycles. The van der Waals surface area contributed by atoms with E-state index in [9.17, 15) is 0 Å². The van der Waals surface area contributed by atoms with Crippen LogP contribution in [0.4, 0.5) is 0 Å². The van der Waals surface area contributed by atoms with Crippen molar-refractivity contribution in [3.05, 3.63) is 48.5 Å². The van der Waals surface area contributed by atoms with Gasteiger partial charge in [0.05, 0.1) is 5.69 Å². The minimum atomic E-state index is 0.548. The highest BCUT2D eigenvalue weighted by atomic mass is 15.6. The summed E-state index contributed by atoms with van der Waals surface area (Å²) < 4.78 is 0. The minimum Gasteiger partial charge on any atom is -0.264 e. The van der Waals surface area contributed by atoms with Crippen molar-refractivity contribution in [1.82, 2.24) is 30.2 Å². The van der Waals surface area contributed by atoms with E-state index in [1.165, 1.54) is 4.80 Å². The molecule has 0 atom stereocenters. The number of tetrazole rings is 1. The molecule has 18 heavy (non-hydrogen) atoms. The monoisotopic (exact) mass is 238 g/mol. The molecule has 0 saturated heterocycles. The Morgan fingerprint density at radius 1 is 1.11 bits per heavy atom. The second-order valence-corrected chi connectivity index (χ2v) is 3.75. The molecule has 6 nitrogen and oxygen atoms in total. The number of aryl methyl sites for hydroxylation is 1. The first-order valence-corrected chi connectivity index (χ1v) is 5.47. The zero-order valence-electron chi connectivity index (χ0n) is 9.72. The van der Waals surface area contributed by atoms with Gasteiger partial charge in [-0.25, -0.2) is 0 Å². The van der Waals surface area contributed by atoms with Gasteiger partial charge in [0.1, 0.15) is 5.69 Å². The van der Waals surface area contributed by atoms with E-state index >= 15 is 0 Å². The maximum Gasteiger partial charge on any atom is 0.206 e. The van der Waals surface area contributed by atoms with Gasteiger partial charge in [0.2, 0.25) is 5.82 Å². The number of pyridine rings is 2. The van der Waals surface area contributed by atoms with E-state index in [4.69, 9.17) is 0 Å². The van der Waals surface area contributed by atoms with Crippen LogP contribution in [-0.2, 0) is 0 Å². The summed E-state index contributed by atoms with van der Waals surface area (Å²) >= 11 is 0. The van der Waals surface area contributed by atoms with Gasteiger partial charge < -0.3 is 0 Å². The molecule has 0 radical (unpaired) electrons. The predicted molar refractivity (Wildman–Crippen MR) is 64.9 cm³/mol. The van der Waals surface area contributed by atoms with Crippen LogP contribution in [0.2, 0.25) is 0 Å². The van der Waals surface area contributed by atoms with Crippen molar-refractivity contribution in [3.8, 4) is 17.1 Å². The van der Waals surface area contributed by atoms with E-state index < -0.39 is 0 Å². The van der Waals surface area contributed by atoms with E-state index in [0.717, 1.165) is 16.9 Å². The summed E-state index contributed by atoms with van der Waals surface area (Å²) in [5.74, 6) is 0.548. The molecule has 0 N–H and O–H groups in total. The van der Waals surface area contributed by atoms with Gasteiger partial charge in [-0.15, -0.1) is 15.0 Å². The maximum atomic E-state index is 4.33. The molecule has 0 aromatic carbocycles. The van der Waals surface area contributed by atoms with Gasteiger partial charge in [-0.1, -0.05) is 0 Å². The van der Waals surface area contributed by atoms with Gasteiger partial charge in [0.25, 0.3) is 0 Å². The number of nitrogens with zero attached hydrogens (tertiary/aromatic N) is 6. The van der Waals surface area contributed by atoms with E-state index in [2.05, 4.69) is 25.4 Å². The summed E-state index contributed by atoms with van der Waals surface area (Å²) in [6, 6.07) is 7.47. The number of hydrogen-bond donors (Lipinski definition) is 0. The van der Waals surface area contributed by atoms with Crippen molar-refractivity contribution in [3.63, 3.8) is 0 Å². The predicted octanol–water partition coefficient (Wildman–Crippen LogP) is 1.43. The van der Waals surface area contributed by atoms with Crippen molar-refractivity contribution in [1.29, 1.82) is 0 Å². The highest BCUT2D eigenvalue weighted by molar-refractivity contribution is 5.51. The average molecular weight is 238 g/mol. The second kappa shape index (κ2) is 4.33. The standard InChI is InChI=1S/C12H10N6/c1-9-11(5-3-7-14-9)18-16-12(15-17-18)10-4-2-6-13-8-10/h2-8H,1H3. The molecule has 6 heteroatoms. The molecule has 0 amide bonds. The molecule has 0 spiro atoms. The molecule has 0 fully saturated rings. The van der Waals surface area contributed by atoms with E-state index in [-0.39, 0.29) is 0 Å². The van der Waals surface area contributed by atoms with Crippen LogP contribution in [0.3, 0.4) is 0 Å². The smallest absolute Gasteiger partial charge is 0.206 e. The zero-order chi connectivity index (χ0) is 12.4. The Bertz CT molecular complexity index is 661. The number of hydrogen-bond acceptors (Lipinski definition) is 5. The Kier molecular flexibility index (Phi) is 2.53. The molecule has 0 saturated carbocycles. The lowest BCUT2D eigenvalue weighted by Gasteiger charge is -2.00. The fraction of sp³-hybridized carbons (Fsp3) is 0.0833. The lowest BCUT2D eigenvalue weighted by Crippen LogP contribution is -2.02. The highest BCUT2D eigenvalue weighted by Crippen LogP contribution is 2.13. The first-order chi connectivity index (χ1) is 8.84. The van der Waals surface area contributed by atoms with Gasteiger partial charge in [-0.2, -0.15) is 0 Å². The number of aromatic nitrogens is 6. The summed E-state index contributed by atoms with van der Waals surface area (Å²) in [6.07, 6.45) is 5.15. The molecule has 0 aliphatic rings. The first-order valence-electron chi connectivity index (χ1n) is 5.47. The molecule has 3 rings (SSSR count). The summed E-state index contributed by atoms with van der Waals surface area (Å²) in [4.78, 5) is 9.70. The summed E-state index contributed by atoms with van der Waals surface area (Å²) in [6.45, 7) is 1.91. The Morgan fingerprint density at radius 3 is 2.78 bits per heavy atom. The van der Waals surface area contributed by atoms with Crippen LogP contribution in [0.5, 0.6) is 0 Å². The van der Waals surface area contributed by atoms with Crippen LogP contribution in [0.25, 0.3) is 17.1 Å². The fourth-order valence-electron chi connectivity index (χ4n) is 1.61. The fourth-order valence-corrected chi connectivity index (χ4v) is 1.61. The van der Waals surface area contributed by atoms with Crippen LogP contribution in [0, 0.1) is 6.92 Å². The summed E-state index contributed by atoms with van der Waals surface area (Å²) in [5.41, 5.74) is 2.51. The van der Waals surface area contributed by atoms with Gasteiger partial charge in [-0.05, 0) is 36.4 Å². The molecule has 0 bridgehead atoms. The minimum absolute atomic E-state index is 0.548. The largest absolute Gasteiger partial charge is 0.264 e. The van der Waals surface area contributed by atoms with Crippen molar-refractivity contribution in [2.24, 2.45) is 0 Å². The molecule has 3 aromatic rings. The summed E-state index contributed by atoms with van der Waals surface area (Å²) in [7, 11) is 0. The molecular weight excluding hydrogens is 228 g/mol. The van der Waals surface area contributed by atoms with Crippen LogP contribution < -0.4 is 0 Å². The van der Waals surface area contributed by atoms with Crippen LogP contribution in [0.15, 0.2) is 42.9 Å². The van der Waals surface area contributed by atoms with Gasteiger partial charge >= 0.3 is 0 Å². The third kappa shape index (κ3) is 1.84. The maximum absolute atomic E-state index is 4.33. The Hall–Kier alpha value is -2.63. The highest BCUT2D eigenvalue weighted by Gasteiger charge is 2.08. The van der Waals surface area contributed by atoms with Crippen LogP contribution >= 0.6 is 0 Å². The SMILES string of the molecule is Cc1ncccc1-n1nnc(-c2cccnc2)n1. The Balaban J connectivity index is 2.03. The Morgan fingerprint density at radius 2 is 2.00 bits per heavy atom. The molecule has 3 heterocycles. The van der Waals surface area contributed by atoms with Crippen molar-refractivity contribution >= 4 is 0 Å². The zero-order valence-corrected chi connectivity index (χ0v) is 9.72. The Labute approximate surface area is 103 Å². The van der Waals surface area contributed by atoms with E-state index in [1.54, 1.807) is 18.6 Å². The molecule has 3 aromatic heterocycles. The second-order valence-electron chi connectivity index (χ2n) is 3.75. The third-order valence-corrected chi connectivity index (χ3v) is 2.53. The first kappa shape index (κ1) is 10.5. The van der Waals surface area contributed by atoms with Crippen molar-refractivity contribution in [2.45, 2.75) is 6.92 Å². The lowest BCUT2D eigenvalue weighted by atomic mass is 10.3. The molecule has 88 valence electrons. The lowest BCUT2D eigenvalue weighted by molar-refractivity contribution is 0.711. The molecule has 0 unspecified atom stereocenters. The van der Waals surface area contributed by atoms with E-state index in [0.29, 0.717) is 5.82 Å². The van der Waals surface area contributed by atoms with Gasteiger partial charge in [-0.3, -0.25) is 9.97 Å². The topological polar surface area (TPSA) is 69.4 Å². The van der Waals surface area contributed by atoms with Crippen LogP contribution in [0.1, 0.15) is 5.69 Å².